The smallest absolute Gasteiger partial charge is 0.462 e. The summed E-state index contributed by atoms with van der Waals surface area (Å²) in [6, 6.07) is 0. The Hall–Kier alpha value is -4.90. The van der Waals surface area contributed by atoms with Gasteiger partial charge < -0.3 is 24.2 Å². The normalized spacial score (nSPS) is 14.4. The molecule has 3 atom stereocenters. The standard InChI is InChI=1S/C70H111O11P/c1-4-7-10-13-16-19-22-25-28-31-33-36-39-42-45-48-51-54-57-60-69(73)80-66(62-71)64-78-82(75,76)79-65-67(63-77-68(72)59-56-53-50-47-44-41-38-35-30-27-24-21-18-15-12-9-6-3)81-70(74)61-58-55-52-49-46-43-40-37-34-32-29-26-23-20-17-14-11-8-5-2/h8-9,11-12,16-21,25-30,34,37-38,41,43,46-47,50,52,55,66-67,71H,4-7,10,13-15,22-24,31-33,35-36,39-40,42,44-45,48-49,51,53-54,56-65H2,1-3H3,(H,75,76)/b11-8-,12-9-,19-16-,20-17-,21-18-,28-25-,29-26-,30-27-,37-34-,41-38-,46-43-,50-47-,55-52-. The number of ether oxygens (including phenoxy) is 3. The van der Waals surface area contributed by atoms with Gasteiger partial charge in [0.15, 0.2) is 6.10 Å². The lowest BCUT2D eigenvalue weighted by Gasteiger charge is -2.21. The Morgan fingerprint density at radius 2 is 0.671 bits per heavy atom. The van der Waals surface area contributed by atoms with Gasteiger partial charge in [0.2, 0.25) is 0 Å². The molecule has 12 heteroatoms. The second kappa shape index (κ2) is 62.2. The minimum atomic E-state index is -4.80. The Bertz CT molecular complexity index is 1980. The first-order chi connectivity index (χ1) is 40.2. The zero-order valence-corrected chi connectivity index (χ0v) is 52.0. The third-order valence-corrected chi connectivity index (χ3v) is 13.4. The molecule has 0 radical (unpaired) electrons. The van der Waals surface area contributed by atoms with E-state index in [0.29, 0.717) is 32.1 Å². The molecule has 0 saturated heterocycles. The van der Waals surface area contributed by atoms with Crippen molar-refractivity contribution in [2.45, 2.75) is 238 Å². The minimum Gasteiger partial charge on any atom is -0.462 e. The molecule has 11 nitrogen and oxygen atoms in total. The molecule has 0 heterocycles. The van der Waals surface area contributed by atoms with Crippen LogP contribution in [0.4, 0.5) is 0 Å². The Morgan fingerprint density at radius 1 is 0.354 bits per heavy atom. The van der Waals surface area contributed by atoms with E-state index in [1.54, 1.807) is 0 Å². The highest BCUT2D eigenvalue weighted by Gasteiger charge is 2.28. The molecule has 82 heavy (non-hydrogen) atoms. The third-order valence-electron chi connectivity index (χ3n) is 12.4. The van der Waals surface area contributed by atoms with E-state index >= 15 is 0 Å². The highest BCUT2D eigenvalue weighted by Crippen LogP contribution is 2.43. The number of aliphatic hydroxyl groups excluding tert-OH is 1. The van der Waals surface area contributed by atoms with Crippen molar-refractivity contribution in [1.29, 1.82) is 0 Å². The minimum absolute atomic E-state index is 0.0210. The maximum absolute atomic E-state index is 12.9. The lowest BCUT2D eigenvalue weighted by atomic mass is 10.1. The van der Waals surface area contributed by atoms with E-state index in [2.05, 4.69) is 161 Å². The number of aliphatic hydroxyl groups is 1. The quantitative estimate of drug-likeness (QED) is 0.0197. The molecular weight excluding hydrogens is 1050 g/mol. The summed E-state index contributed by atoms with van der Waals surface area (Å²) in [5.41, 5.74) is 0. The number of phosphoric acid groups is 1. The van der Waals surface area contributed by atoms with E-state index in [0.717, 1.165) is 96.3 Å². The molecule has 0 aliphatic carbocycles. The van der Waals surface area contributed by atoms with Gasteiger partial charge in [-0.05, 0) is 128 Å². The van der Waals surface area contributed by atoms with Gasteiger partial charge in [-0.3, -0.25) is 23.4 Å². The van der Waals surface area contributed by atoms with Gasteiger partial charge in [0.1, 0.15) is 12.7 Å². The fourth-order valence-corrected chi connectivity index (χ4v) is 8.53. The predicted molar refractivity (Wildman–Crippen MR) is 343 cm³/mol. The number of carbonyl (C=O) groups is 3. The van der Waals surface area contributed by atoms with Crippen LogP contribution in [0.15, 0.2) is 158 Å². The van der Waals surface area contributed by atoms with Crippen molar-refractivity contribution in [2.24, 2.45) is 0 Å². The van der Waals surface area contributed by atoms with Crippen molar-refractivity contribution in [3.8, 4) is 0 Å². The number of allylic oxidation sites excluding steroid dienone is 26. The molecule has 0 fully saturated rings. The summed E-state index contributed by atoms with van der Waals surface area (Å²) in [6.07, 6.45) is 82.2. The molecule has 0 aliphatic rings. The number of hydrogen-bond acceptors (Lipinski definition) is 10. The van der Waals surface area contributed by atoms with Crippen LogP contribution in [0.3, 0.4) is 0 Å². The third kappa shape index (κ3) is 59.7. The molecule has 0 rings (SSSR count). The first kappa shape index (κ1) is 77.1. The summed E-state index contributed by atoms with van der Waals surface area (Å²) in [4.78, 5) is 48.7. The number of rotatable bonds is 56. The number of phosphoric ester groups is 1. The largest absolute Gasteiger partial charge is 0.472 e. The molecule has 0 spiro atoms. The van der Waals surface area contributed by atoms with Gasteiger partial charge in [-0.25, -0.2) is 4.57 Å². The van der Waals surface area contributed by atoms with Gasteiger partial charge in [-0.1, -0.05) is 237 Å². The highest BCUT2D eigenvalue weighted by molar-refractivity contribution is 7.47. The molecule has 0 aromatic heterocycles. The molecular formula is C70H111O11P. The maximum Gasteiger partial charge on any atom is 0.472 e. The van der Waals surface area contributed by atoms with E-state index in [-0.39, 0.29) is 19.3 Å². The van der Waals surface area contributed by atoms with Gasteiger partial charge >= 0.3 is 25.7 Å². The second-order valence-electron chi connectivity index (χ2n) is 20.1. The van der Waals surface area contributed by atoms with Crippen molar-refractivity contribution in [1.82, 2.24) is 0 Å². The second-order valence-corrected chi connectivity index (χ2v) is 21.6. The molecule has 0 saturated carbocycles. The summed E-state index contributed by atoms with van der Waals surface area (Å²) in [7, 11) is -4.80. The van der Waals surface area contributed by atoms with Gasteiger partial charge in [0, 0.05) is 19.3 Å². The van der Waals surface area contributed by atoms with Gasteiger partial charge in [0.25, 0.3) is 0 Å². The molecule has 0 aliphatic heterocycles. The van der Waals surface area contributed by atoms with Crippen LogP contribution in [-0.4, -0.2) is 66.5 Å². The zero-order valence-electron chi connectivity index (χ0n) is 51.1. The Labute approximate surface area is 498 Å². The van der Waals surface area contributed by atoms with Crippen molar-refractivity contribution >= 4 is 25.7 Å². The first-order valence-electron chi connectivity index (χ1n) is 31.4. The van der Waals surface area contributed by atoms with Crippen LogP contribution in [0.2, 0.25) is 0 Å². The first-order valence-corrected chi connectivity index (χ1v) is 32.9. The summed E-state index contributed by atoms with van der Waals surface area (Å²) in [5, 5.41) is 9.86. The average molecular weight is 1160 g/mol. The fraction of sp³-hybridized carbons (Fsp3) is 0.586. The summed E-state index contributed by atoms with van der Waals surface area (Å²) in [5.74, 6) is -1.66. The molecule has 0 amide bonds. The molecule has 2 N–H and O–H groups in total. The fourth-order valence-electron chi connectivity index (χ4n) is 7.74. The van der Waals surface area contributed by atoms with Crippen molar-refractivity contribution in [2.75, 3.05) is 26.4 Å². The monoisotopic (exact) mass is 1160 g/mol. The molecule has 0 aromatic rings. The summed E-state index contributed by atoms with van der Waals surface area (Å²) < 4.78 is 39.5. The van der Waals surface area contributed by atoms with E-state index in [9.17, 15) is 28.9 Å². The van der Waals surface area contributed by atoms with Gasteiger partial charge in [-0.15, -0.1) is 0 Å². The van der Waals surface area contributed by atoms with Gasteiger partial charge in [0.05, 0.1) is 19.8 Å². The number of hydrogen-bond donors (Lipinski definition) is 2. The average Bonchev–Trinajstić information content (AvgIpc) is 3.50. The lowest BCUT2D eigenvalue weighted by Crippen LogP contribution is -2.30. The Kier molecular flexibility index (Phi) is 58.4. The summed E-state index contributed by atoms with van der Waals surface area (Å²) >= 11 is 0. The number of unbranched alkanes of at least 4 members (excludes halogenated alkanes) is 13. The van der Waals surface area contributed by atoms with Crippen molar-refractivity contribution in [3.05, 3.63) is 158 Å². The number of esters is 3. The maximum atomic E-state index is 12.9. The van der Waals surface area contributed by atoms with Crippen LogP contribution < -0.4 is 0 Å². The van der Waals surface area contributed by atoms with Crippen LogP contribution in [0.25, 0.3) is 0 Å². The zero-order chi connectivity index (χ0) is 59.8. The molecule has 462 valence electrons. The van der Waals surface area contributed by atoms with Crippen LogP contribution in [-0.2, 0) is 42.2 Å². The SMILES string of the molecule is CC/C=C\C/C=C\C/C=C\C/C=C\C/C=C\C/C=C\CCC(=O)OC(COC(=O)CCC/C=C\C/C=C\C/C=C\C/C=C\C/C=C\CC)COP(=O)(O)OCC(CO)OC(=O)CCCCCCCCCCC/C=C\C/C=C\CCCCC. The van der Waals surface area contributed by atoms with E-state index < -0.39 is 64.4 Å². The molecule has 3 unspecified atom stereocenters. The molecule has 0 aromatic carbocycles. The number of carbonyl (C=O) groups excluding carboxylic acids is 3. The van der Waals surface area contributed by atoms with Crippen LogP contribution in [0.1, 0.15) is 226 Å². The Morgan fingerprint density at radius 3 is 1.09 bits per heavy atom. The van der Waals surface area contributed by atoms with Crippen molar-refractivity contribution in [3.63, 3.8) is 0 Å². The summed E-state index contributed by atoms with van der Waals surface area (Å²) in [6.45, 7) is 4.23. The van der Waals surface area contributed by atoms with E-state index in [1.807, 2.05) is 18.2 Å². The van der Waals surface area contributed by atoms with Crippen LogP contribution in [0, 0.1) is 0 Å². The lowest BCUT2D eigenvalue weighted by molar-refractivity contribution is -0.161. The predicted octanol–water partition coefficient (Wildman–Crippen LogP) is 19.3. The van der Waals surface area contributed by atoms with Crippen LogP contribution in [0.5, 0.6) is 0 Å². The van der Waals surface area contributed by atoms with E-state index in [1.165, 1.54) is 57.8 Å². The van der Waals surface area contributed by atoms with E-state index in [4.69, 9.17) is 23.3 Å². The van der Waals surface area contributed by atoms with Crippen LogP contribution >= 0.6 is 7.82 Å². The highest BCUT2D eigenvalue weighted by atomic mass is 31.2. The molecule has 0 bridgehead atoms. The van der Waals surface area contributed by atoms with Crippen molar-refractivity contribution < 1.29 is 52.2 Å². The Balaban J connectivity index is 4.88. The van der Waals surface area contributed by atoms with Gasteiger partial charge in [-0.2, -0.15) is 0 Å². The topological polar surface area (TPSA) is 155 Å².